The summed E-state index contributed by atoms with van der Waals surface area (Å²) < 4.78 is 11.4. The molecule has 6 rings (SSSR count). The highest BCUT2D eigenvalue weighted by Crippen LogP contribution is 2.43. The fourth-order valence-corrected chi connectivity index (χ4v) is 8.92. The summed E-state index contributed by atoms with van der Waals surface area (Å²) >= 11 is 4.82. The van der Waals surface area contributed by atoms with Gasteiger partial charge in [-0.3, -0.25) is 24.7 Å². The normalized spacial score (nSPS) is 13.8. The molecule has 0 amide bonds. The quantitative estimate of drug-likeness (QED) is 0.00930. The fourth-order valence-electron chi connectivity index (χ4n) is 7.79. The molecule has 0 fully saturated rings. The Hall–Kier alpha value is -4.74. The second kappa shape index (κ2) is 38.0. The van der Waals surface area contributed by atoms with Crippen LogP contribution in [0.1, 0.15) is 114 Å². The Morgan fingerprint density at radius 3 is 1.90 bits per heavy atom. The van der Waals surface area contributed by atoms with E-state index in [1.807, 2.05) is 156 Å². The number of aliphatic imine (C=N–C) groups is 2. The summed E-state index contributed by atoms with van der Waals surface area (Å²) in [6.45, 7) is 33.8. The number of aliphatic carboxylic acids is 1. The van der Waals surface area contributed by atoms with Gasteiger partial charge < -0.3 is 20.6 Å². The van der Waals surface area contributed by atoms with Crippen LogP contribution in [-0.2, 0) is 44.0 Å². The van der Waals surface area contributed by atoms with E-state index < -0.39 is 5.97 Å². The lowest BCUT2D eigenvalue weighted by molar-refractivity contribution is -1.09. The van der Waals surface area contributed by atoms with Crippen LogP contribution in [0, 0.1) is 0 Å². The maximum absolute atomic E-state index is 12.5. The number of carbonyl (C=O) groups is 2. The molecule has 20 heteroatoms. The van der Waals surface area contributed by atoms with Crippen molar-refractivity contribution in [2.75, 3.05) is 56.5 Å². The third-order valence-corrected chi connectivity index (χ3v) is 14.8. The van der Waals surface area contributed by atoms with Crippen LogP contribution >= 0.6 is 52.4 Å². The van der Waals surface area contributed by atoms with Gasteiger partial charge in [-0.2, -0.15) is 8.91 Å². The van der Waals surface area contributed by atoms with Crippen LogP contribution in [0.25, 0.3) is 0 Å². The number of hydroxylamine groups is 3. The number of para-hydroxylation sites is 2. The van der Waals surface area contributed by atoms with Crippen molar-refractivity contribution in [2.24, 2.45) is 9.98 Å². The number of hydrogen-bond acceptors (Lipinski definition) is 15. The number of allylic oxidation sites excluding steroid dienone is 3. The number of carboxylic acids is 1. The van der Waals surface area contributed by atoms with Crippen LogP contribution in [-0.4, -0.2) is 105 Å². The Balaban J connectivity index is 0.000000534. The standard InChI is InChI=1S/C20H31N2O5S.C18H18N2.C11H13NO3S.C6H15N.C3H5BrO2.ClH/c1-7-22(8-2,9-3)25-19(23)12-13-21-15(4)20(5,6)17-14-16(28-27-26-24)10-11-18(17)21;1-16(12-14-19-17-8-4-2-5-9-17)13-15-20-18-10-6-3-7-11-18;1-7-11(2,3)9-6-8(16-15-14-13)4-5-10(9)12-7;1-4-7(5-2)6-3;4-2-1-3(5)6;/h10-11,14H,7-9,12-13H2,1-6H3;2-15,19H,1H3;4-6,13H,1-3H3;4-6H2,1-3H3;1-2H2,(H,5,6);1H/q+1;;;;;/b;14-12+,16-13+,20-15?;;;;. The highest BCUT2D eigenvalue weighted by molar-refractivity contribution is 9.09. The molecule has 430 valence electrons. The van der Waals surface area contributed by atoms with Gasteiger partial charge in [0.05, 0.1) is 47.3 Å². The van der Waals surface area contributed by atoms with E-state index in [1.165, 1.54) is 25.3 Å². The average Bonchev–Trinajstić information content (AvgIpc) is 3.77. The zero-order valence-corrected chi connectivity index (χ0v) is 51.7. The number of alkyl halides is 1. The second-order valence-corrected chi connectivity index (χ2v) is 20.9. The topological polar surface area (TPSA) is 187 Å². The summed E-state index contributed by atoms with van der Waals surface area (Å²) in [5.41, 5.74) is 9.54. The van der Waals surface area contributed by atoms with Gasteiger partial charge in [-0.15, -0.1) is 21.4 Å². The van der Waals surface area contributed by atoms with Crippen LogP contribution in [0.5, 0.6) is 0 Å². The minimum Gasteiger partial charge on any atom is -0.691 e. The zero-order valence-electron chi connectivity index (χ0n) is 47.6. The minimum atomic E-state index is -0.758. The number of carboxylic acid groups (broad SMARTS) is 1. The number of nitrogens with one attached hydrogen (secondary N) is 1. The van der Waals surface area contributed by atoms with Crippen molar-refractivity contribution in [2.45, 2.75) is 123 Å². The SMILES string of the molecule is CC(/C=C/Nc1ccccc1)=C\C=Nc1ccccc1.CC1=Nc2ccc(SOOO)cc2C1(C)C.CCN(CC)CC.CC[N+](CC)(CC)OC(=O)CC[N+]1=C(C)C(C)(C)c2cc(SOO[O-])ccc21.Cl.O=C(O)CCBr. The molecule has 0 unspecified atom stereocenters. The first-order valence-corrected chi connectivity index (χ1v) is 28.4. The predicted octanol–water partition coefficient (Wildman–Crippen LogP) is 14.1. The number of quaternary nitrogens is 1. The van der Waals surface area contributed by atoms with E-state index in [9.17, 15) is 14.8 Å². The highest BCUT2D eigenvalue weighted by Gasteiger charge is 2.43. The van der Waals surface area contributed by atoms with Gasteiger partial charge in [-0.05, 0) is 146 Å². The number of rotatable bonds is 23. The van der Waals surface area contributed by atoms with Crippen molar-refractivity contribution in [3.05, 3.63) is 132 Å². The van der Waals surface area contributed by atoms with Gasteiger partial charge in [0.1, 0.15) is 26.1 Å². The van der Waals surface area contributed by atoms with Gasteiger partial charge in [0.2, 0.25) is 5.69 Å². The molecule has 0 atom stereocenters. The Bertz CT molecular complexity index is 2550. The molecule has 0 saturated heterocycles. The van der Waals surface area contributed by atoms with E-state index in [-0.39, 0.29) is 35.6 Å². The second-order valence-electron chi connectivity index (χ2n) is 18.5. The largest absolute Gasteiger partial charge is 0.691 e. The molecular weight excluding hydrogens is 1120 g/mol. The van der Waals surface area contributed by atoms with Crippen molar-refractivity contribution in [3.63, 3.8) is 0 Å². The predicted molar refractivity (Wildman–Crippen MR) is 323 cm³/mol. The fraction of sp³-hybridized carbons (Fsp3) is 0.431. The highest BCUT2D eigenvalue weighted by atomic mass is 79.9. The summed E-state index contributed by atoms with van der Waals surface area (Å²) in [4.78, 5) is 40.8. The first-order valence-electron chi connectivity index (χ1n) is 25.8. The Kier molecular flexibility index (Phi) is 34.7. The molecule has 4 aromatic carbocycles. The Morgan fingerprint density at radius 1 is 0.821 bits per heavy atom. The number of nitrogens with zero attached hydrogens (tertiary/aromatic N) is 5. The summed E-state index contributed by atoms with van der Waals surface area (Å²) in [5, 5.41) is 36.8. The molecule has 3 N–H and O–H groups in total. The zero-order chi connectivity index (χ0) is 57.4. The van der Waals surface area contributed by atoms with Gasteiger partial charge in [-0.25, -0.2) is 10.1 Å². The molecule has 78 heavy (non-hydrogen) atoms. The maximum Gasteiger partial charge on any atom is 0.373 e. The third kappa shape index (κ3) is 23.9. The lowest BCUT2D eigenvalue weighted by Crippen LogP contribution is -2.49. The lowest BCUT2D eigenvalue weighted by atomic mass is 9.82. The summed E-state index contributed by atoms with van der Waals surface area (Å²) in [5.74, 6) is -0.940. The van der Waals surface area contributed by atoms with Crippen molar-refractivity contribution in [1.29, 1.82) is 0 Å². The molecule has 2 heterocycles. The molecule has 0 saturated carbocycles. The third-order valence-electron chi connectivity index (χ3n) is 13.3. The molecule has 2 aliphatic rings. The van der Waals surface area contributed by atoms with Gasteiger partial charge in [-0.1, -0.05) is 92.0 Å². The Labute approximate surface area is 486 Å². The Morgan fingerprint density at radius 2 is 1.38 bits per heavy atom. The number of carbonyl (C=O) groups excluding carboxylic acids is 1. The van der Waals surface area contributed by atoms with E-state index in [2.05, 4.69) is 115 Å². The molecule has 4 aromatic rings. The molecular formula is C58H83BrClN6O10S2+. The first kappa shape index (κ1) is 71.3. The molecule has 0 aliphatic carbocycles. The number of halogens is 2. The molecule has 0 aromatic heterocycles. The first-order chi connectivity index (χ1) is 36.8. The number of fused-ring (bicyclic) bond motifs is 2. The van der Waals surface area contributed by atoms with Gasteiger partial charge in [0, 0.05) is 62.9 Å². The van der Waals surface area contributed by atoms with Gasteiger partial charge >= 0.3 is 11.9 Å². The summed E-state index contributed by atoms with van der Waals surface area (Å²) in [6, 6.07) is 31.6. The van der Waals surface area contributed by atoms with Crippen molar-refractivity contribution < 1.29 is 58.0 Å². The average molecular weight is 1200 g/mol. The van der Waals surface area contributed by atoms with E-state index in [0.29, 0.717) is 22.9 Å². The van der Waals surface area contributed by atoms with Crippen molar-refractivity contribution in [1.82, 2.24) is 4.90 Å². The molecule has 2 aliphatic heterocycles. The minimum absolute atomic E-state index is 0. The van der Waals surface area contributed by atoms with E-state index in [0.717, 1.165) is 98.7 Å². The summed E-state index contributed by atoms with van der Waals surface area (Å²) in [6.07, 6.45) is 8.27. The summed E-state index contributed by atoms with van der Waals surface area (Å²) in [7, 11) is 0. The van der Waals surface area contributed by atoms with E-state index >= 15 is 0 Å². The van der Waals surface area contributed by atoms with E-state index in [4.69, 9.17) is 15.2 Å². The lowest BCUT2D eigenvalue weighted by Gasteiger charge is -2.31. The molecule has 0 spiro atoms. The van der Waals surface area contributed by atoms with Crippen LogP contribution < -0.4 is 10.6 Å². The number of anilines is 1. The maximum atomic E-state index is 12.5. The van der Waals surface area contributed by atoms with Gasteiger partial charge in [0.25, 0.3) is 0 Å². The van der Waals surface area contributed by atoms with Crippen LogP contribution in [0.2, 0.25) is 0 Å². The van der Waals surface area contributed by atoms with Crippen molar-refractivity contribution in [3.8, 4) is 0 Å². The number of hydrogen-bond donors (Lipinski definition) is 3. The van der Waals surface area contributed by atoms with E-state index in [1.54, 1.807) is 0 Å². The number of benzene rings is 4. The van der Waals surface area contributed by atoms with Crippen LogP contribution in [0.3, 0.4) is 0 Å². The monoisotopic (exact) mass is 1200 g/mol. The molecule has 0 bridgehead atoms. The van der Waals surface area contributed by atoms with Gasteiger partial charge in [0.15, 0.2) is 12.3 Å². The molecule has 0 radical (unpaired) electrons. The van der Waals surface area contributed by atoms with Crippen molar-refractivity contribution >= 4 is 105 Å². The smallest absolute Gasteiger partial charge is 0.373 e. The van der Waals surface area contributed by atoms with Crippen LogP contribution in [0.15, 0.2) is 141 Å². The molecule has 16 nitrogen and oxygen atoms in total. The van der Waals surface area contributed by atoms with Crippen LogP contribution in [0.4, 0.5) is 22.7 Å².